The minimum absolute atomic E-state index is 0.815. The van der Waals surface area contributed by atoms with Crippen molar-refractivity contribution in [1.29, 1.82) is 0 Å². The summed E-state index contributed by atoms with van der Waals surface area (Å²) in [6.07, 6.45) is 5.31. The van der Waals surface area contributed by atoms with Crippen molar-refractivity contribution in [3.8, 4) is 0 Å². The quantitative estimate of drug-likeness (QED) is 0.680. The summed E-state index contributed by atoms with van der Waals surface area (Å²) in [4.78, 5) is 7.71. The van der Waals surface area contributed by atoms with Gasteiger partial charge >= 0.3 is 0 Å². The lowest BCUT2D eigenvalue weighted by molar-refractivity contribution is 0.227. The molecule has 0 amide bonds. The first-order valence-corrected chi connectivity index (χ1v) is 10.1. The molecular weight excluding hydrogens is 336 g/mol. The molecule has 2 nitrogen and oxygen atoms in total. The summed E-state index contributed by atoms with van der Waals surface area (Å²) in [6.45, 7) is 4.78. The fourth-order valence-electron chi connectivity index (χ4n) is 3.68. The second kappa shape index (κ2) is 7.38. The summed E-state index contributed by atoms with van der Waals surface area (Å²) in [5.74, 6) is 0. The van der Waals surface area contributed by atoms with Crippen LogP contribution in [0.1, 0.15) is 25.7 Å². The van der Waals surface area contributed by atoms with Gasteiger partial charge in [0.05, 0.1) is 11.4 Å². The first kappa shape index (κ1) is 16.3. The molecule has 4 rings (SSSR count). The Bertz CT molecular complexity index is 713. The second-order valence-electron chi connectivity index (χ2n) is 6.59. The molecule has 0 spiro atoms. The Morgan fingerprint density at radius 1 is 0.875 bits per heavy atom. The fourth-order valence-corrected chi connectivity index (χ4v) is 4.92. The zero-order chi connectivity index (χ0) is 16.4. The fraction of sp³-hybridized carbons (Fsp3) is 0.400. The number of fused-ring (bicyclic) bond motifs is 2. The van der Waals surface area contributed by atoms with Gasteiger partial charge in [-0.25, -0.2) is 0 Å². The Kier molecular flexibility index (Phi) is 5.02. The lowest BCUT2D eigenvalue weighted by Crippen LogP contribution is -2.32. The summed E-state index contributed by atoms with van der Waals surface area (Å²) in [7, 11) is 0. The number of piperidine rings is 1. The monoisotopic (exact) mass is 358 g/mol. The maximum Gasteiger partial charge on any atom is 0.0567 e. The molecule has 0 bridgehead atoms. The highest BCUT2D eigenvalue weighted by Gasteiger charge is 2.23. The van der Waals surface area contributed by atoms with Gasteiger partial charge in [0.25, 0.3) is 0 Å². The minimum Gasteiger partial charge on any atom is -0.340 e. The molecule has 0 unspecified atom stereocenters. The Morgan fingerprint density at radius 2 is 1.67 bits per heavy atom. The molecule has 1 saturated heterocycles. The van der Waals surface area contributed by atoms with Crippen molar-refractivity contribution in [1.82, 2.24) is 4.90 Å². The van der Waals surface area contributed by atoms with E-state index in [1.807, 2.05) is 17.8 Å². The predicted molar refractivity (Wildman–Crippen MR) is 104 cm³/mol. The average Bonchev–Trinajstić information content (AvgIpc) is 2.62. The van der Waals surface area contributed by atoms with E-state index in [1.54, 1.807) is 0 Å². The number of anilines is 2. The van der Waals surface area contributed by atoms with E-state index in [-0.39, 0.29) is 0 Å². The number of para-hydroxylation sites is 1. The molecule has 2 aromatic carbocycles. The first-order chi connectivity index (χ1) is 11.8. The van der Waals surface area contributed by atoms with Gasteiger partial charge in [0.1, 0.15) is 0 Å². The molecule has 2 aliphatic rings. The van der Waals surface area contributed by atoms with E-state index in [0.717, 1.165) is 11.6 Å². The standard InChI is InChI=1S/C20H23ClN2S/c21-16-9-10-20-18(15-16)23(17-7-2-3-8-19(17)24-20)14-6-13-22-11-4-1-5-12-22/h2-3,7-10,15H,1,4-6,11-14H2. The first-order valence-electron chi connectivity index (χ1n) is 8.87. The molecule has 4 heteroatoms. The van der Waals surface area contributed by atoms with Crippen LogP contribution in [0.25, 0.3) is 0 Å². The third-order valence-electron chi connectivity index (χ3n) is 4.89. The van der Waals surface area contributed by atoms with Gasteiger partial charge < -0.3 is 9.80 Å². The van der Waals surface area contributed by atoms with Gasteiger partial charge in [0, 0.05) is 21.4 Å². The van der Waals surface area contributed by atoms with Gasteiger partial charge in [-0.3, -0.25) is 0 Å². The Balaban J connectivity index is 1.53. The van der Waals surface area contributed by atoms with E-state index in [0.29, 0.717) is 0 Å². The largest absolute Gasteiger partial charge is 0.340 e. The number of benzene rings is 2. The molecule has 0 aliphatic carbocycles. The molecule has 2 heterocycles. The second-order valence-corrected chi connectivity index (χ2v) is 8.11. The SMILES string of the molecule is Clc1ccc2c(c1)N(CCCN1CCCCC1)c1ccccc1S2. The van der Waals surface area contributed by atoms with Crippen molar-refractivity contribution >= 4 is 34.7 Å². The average molecular weight is 359 g/mol. The van der Waals surface area contributed by atoms with Crippen LogP contribution in [0, 0.1) is 0 Å². The maximum atomic E-state index is 6.28. The van der Waals surface area contributed by atoms with Crippen molar-refractivity contribution in [3.05, 3.63) is 47.5 Å². The molecular formula is C20H23ClN2S. The van der Waals surface area contributed by atoms with Gasteiger partial charge in [0.2, 0.25) is 0 Å². The van der Waals surface area contributed by atoms with Gasteiger partial charge in [-0.05, 0) is 69.2 Å². The lowest BCUT2D eigenvalue weighted by Gasteiger charge is -2.34. The van der Waals surface area contributed by atoms with Crippen LogP contribution < -0.4 is 4.90 Å². The lowest BCUT2D eigenvalue weighted by atomic mass is 10.1. The summed E-state index contributed by atoms with van der Waals surface area (Å²) in [5.41, 5.74) is 2.57. The van der Waals surface area contributed by atoms with E-state index in [1.165, 1.54) is 66.5 Å². The highest BCUT2D eigenvalue weighted by atomic mass is 35.5. The summed E-state index contributed by atoms with van der Waals surface area (Å²) >= 11 is 8.13. The van der Waals surface area contributed by atoms with Gasteiger partial charge in [0.15, 0.2) is 0 Å². The summed E-state index contributed by atoms with van der Waals surface area (Å²) < 4.78 is 0. The number of halogens is 1. The zero-order valence-corrected chi connectivity index (χ0v) is 15.5. The maximum absolute atomic E-state index is 6.28. The van der Waals surface area contributed by atoms with Crippen LogP contribution in [0.15, 0.2) is 52.3 Å². The number of likely N-dealkylation sites (tertiary alicyclic amines) is 1. The predicted octanol–water partition coefficient (Wildman–Crippen LogP) is 5.82. The molecule has 126 valence electrons. The van der Waals surface area contributed by atoms with Crippen molar-refractivity contribution in [2.75, 3.05) is 31.1 Å². The van der Waals surface area contributed by atoms with Crippen LogP contribution in [0.4, 0.5) is 11.4 Å². The van der Waals surface area contributed by atoms with Crippen LogP contribution in [-0.4, -0.2) is 31.1 Å². The highest BCUT2D eigenvalue weighted by Crippen LogP contribution is 2.48. The Labute approximate surface area is 153 Å². The van der Waals surface area contributed by atoms with Crippen LogP contribution in [0.3, 0.4) is 0 Å². The van der Waals surface area contributed by atoms with E-state index in [2.05, 4.69) is 46.2 Å². The van der Waals surface area contributed by atoms with Crippen molar-refractivity contribution < 1.29 is 0 Å². The normalized spacial score (nSPS) is 17.5. The van der Waals surface area contributed by atoms with E-state index >= 15 is 0 Å². The molecule has 2 aromatic rings. The van der Waals surface area contributed by atoms with Crippen molar-refractivity contribution in [3.63, 3.8) is 0 Å². The zero-order valence-electron chi connectivity index (χ0n) is 13.9. The molecule has 0 saturated carbocycles. The van der Waals surface area contributed by atoms with E-state index < -0.39 is 0 Å². The molecule has 0 N–H and O–H groups in total. The molecule has 0 atom stereocenters. The van der Waals surface area contributed by atoms with Gasteiger partial charge in [-0.2, -0.15) is 0 Å². The van der Waals surface area contributed by atoms with E-state index in [9.17, 15) is 0 Å². The summed E-state index contributed by atoms with van der Waals surface area (Å²) in [5, 5.41) is 0.815. The molecule has 0 aromatic heterocycles. The topological polar surface area (TPSA) is 6.48 Å². The number of hydrogen-bond donors (Lipinski definition) is 0. The van der Waals surface area contributed by atoms with E-state index in [4.69, 9.17) is 11.6 Å². The van der Waals surface area contributed by atoms with Gasteiger partial charge in [-0.1, -0.05) is 41.9 Å². The van der Waals surface area contributed by atoms with Crippen LogP contribution in [-0.2, 0) is 0 Å². The van der Waals surface area contributed by atoms with Crippen molar-refractivity contribution in [2.24, 2.45) is 0 Å². The third kappa shape index (κ3) is 3.44. The van der Waals surface area contributed by atoms with Crippen LogP contribution >= 0.6 is 23.4 Å². The number of hydrogen-bond acceptors (Lipinski definition) is 3. The van der Waals surface area contributed by atoms with Crippen LogP contribution in [0.2, 0.25) is 5.02 Å². The smallest absolute Gasteiger partial charge is 0.0567 e. The highest BCUT2D eigenvalue weighted by molar-refractivity contribution is 7.99. The third-order valence-corrected chi connectivity index (χ3v) is 6.26. The molecule has 1 fully saturated rings. The molecule has 24 heavy (non-hydrogen) atoms. The molecule has 0 radical (unpaired) electrons. The number of rotatable bonds is 4. The molecule has 2 aliphatic heterocycles. The van der Waals surface area contributed by atoms with Crippen molar-refractivity contribution in [2.45, 2.75) is 35.5 Å². The Hall–Kier alpha value is -1.16. The minimum atomic E-state index is 0.815. The Morgan fingerprint density at radius 3 is 2.54 bits per heavy atom. The summed E-state index contributed by atoms with van der Waals surface area (Å²) in [6, 6.07) is 15.0. The number of nitrogens with zero attached hydrogens (tertiary/aromatic N) is 2. The van der Waals surface area contributed by atoms with Gasteiger partial charge in [-0.15, -0.1) is 0 Å². The van der Waals surface area contributed by atoms with Crippen LogP contribution in [0.5, 0.6) is 0 Å².